The largest absolute Gasteiger partial charge is 0.333 e. The molecule has 0 aromatic rings. The van der Waals surface area contributed by atoms with E-state index in [1.54, 1.807) is 0 Å². The molecule has 0 fully saturated rings. The Bertz CT molecular complexity index is 54.0. The average molecular weight is 138 g/mol. The second-order valence-electron chi connectivity index (χ2n) is 1.14. The zero-order valence-electron chi connectivity index (χ0n) is 5.17. The first-order valence-corrected chi connectivity index (χ1v) is 2.51. The van der Waals surface area contributed by atoms with Crippen LogP contribution in [0.4, 0.5) is 0 Å². The van der Waals surface area contributed by atoms with Crippen molar-refractivity contribution in [3.8, 4) is 0 Å². The van der Waals surface area contributed by atoms with Crippen LogP contribution in [0, 0.1) is 0 Å². The molecule has 0 saturated carbocycles. The molecule has 50 valence electrons. The fourth-order valence-corrected chi connectivity index (χ4v) is 0.250. The Labute approximate surface area is 54.3 Å². The monoisotopic (exact) mass is 138 g/mol. The van der Waals surface area contributed by atoms with Gasteiger partial charge in [0, 0.05) is 21.3 Å². The predicted molar refractivity (Wildman–Crippen MR) is 32.7 cm³/mol. The molecule has 0 heterocycles. The summed E-state index contributed by atoms with van der Waals surface area (Å²) in [6.45, 7) is 0. The van der Waals surface area contributed by atoms with Crippen LogP contribution in [0.3, 0.4) is 0 Å². The van der Waals surface area contributed by atoms with Gasteiger partial charge in [0.1, 0.15) is 0 Å². The molecule has 0 aliphatic rings. The molecular weight excluding hydrogens is 128 g/mol. The Hall–Kier alpha value is 0.230. The minimum atomic E-state index is -1.18. The van der Waals surface area contributed by atoms with Gasteiger partial charge in [-0.2, -0.15) is 0 Å². The second-order valence-corrected chi connectivity index (χ2v) is 1.68. The molecule has 4 heteroatoms. The van der Waals surface area contributed by atoms with E-state index in [1.807, 2.05) is 0 Å². The molecule has 0 saturated heterocycles. The van der Waals surface area contributed by atoms with Crippen LogP contribution in [-0.2, 0) is 14.2 Å². The maximum atomic E-state index is 4.66. The first-order chi connectivity index (χ1) is 3.68. The average Bonchev–Trinajstić information content (AvgIpc) is 1.87. The van der Waals surface area contributed by atoms with Gasteiger partial charge in [0.15, 0.2) is 0 Å². The molecule has 0 rings (SSSR count). The molecule has 0 aromatic heterocycles. The molecule has 0 aliphatic carbocycles. The fourth-order valence-electron chi connectivity index (χ4n) is 0.250. The van der Waals surface area contributed by atoms with E-state index in [-0.39, 0.29) is 0 Å². The van der Waals surface area contributed by atoms with Crippen LogP contribution < -0.4 is 0 Å². The summed E-state index contributed by atoms with van der Waals surface area (Å²) in [4.78, 5) is 0. The molecule has 0 radical (unpaired) electrons. The summed E-state index contributed by atoms with van der Waals surface area (Å²) >= 11 is 3.85. The number of ether oxygens (including phenoxy) is 3. The van der Waals surface area contributed by atoms with Gasteiger partial charge in [-0.25, -0.2) is 0 Å². The standard InChI is InChI=1S/C4H10O3S/c1-5-4(8,6-2)7-3/h8H,1-3H3. The van der Waals surface area contributed by atoms with Gasteiger partial charge in [-0.1, -0.05) is 12.6 Å². The van der Waals surface area contributed by atoms with Gasteiger partial charge in [-0.3, -0.25) is 0 Å². The van der Waals surface area contributed by atoms with E-state index in [0.29, 0.717) is 0 Å². The third kappa shape index (κ3) is 2.00. The van der Waals surface area contributed by atoms with Crippen molar-refractivity contribution < 1.29 is 14.2 Å². The molecule has 0 aromatic carbocycles. The summed E-state index contributed by atoms with van der Waals surface area (Å²) in [5, 5.41) is -1.18. The molecule has 0 aliphatic heterocycles. The van der Waals surface area contributed by atoms with Crippen molar-refractivity contribution in [3.05, 3.63) is 0 Å². The molecule has 0 unspecified atom stereocenters. The number of hydrogen-bond donors (Lipinski definition) is 1. The first-order valence-electron chi connectivity index (χ1n) is 2.06. The van der Waals surface area contributed by atoms with Crippen molar-refractivity contribution in [3.63, 3.8) is 0 Å². The van der Waals surface area contributed by atoms with Gasteiger partial charge in [-0.05, 0) is 0 Å². The molecule has 8 heavy (non-hydrogen) atoms. The highest BCUT2D eigenvalue weighted by Gasteiger charge is 2.22. The first kappa shape index (κ1) is 8.23. The van der Waals surface area contributed by atoms with Gasteiger partial charge < -0.3 is 14.2 Å². The zero-order valence-corrected chi connectivity index (χ0v) is 6.07. The van der Waals surface area contributed by atoms with Gasteiger partial charge in [0.25, 0.3) is 0 Å². The lowest BCUT2D eigenvalue weighted by Crippen LogP contribution is -2.28. The summed E-state index contributed by atoms with van der Waals surface area (Å²) in [5.41, 5.74) is 0. The van der Waals surface area contributed by atoms with Gasteiger partial charge in [-0.15, -0.1) is 0 Å². The fraction of sp³-hybridized carbons (Fsp3) is 1.00. The summed E-state index contributed by atoms with van der Waals surface area (Å²) in [6.07, 6.45) is 0. The van der Waals surface area contributed by atoms with E-state index >= 15 is 0 Å². The predicted octanol–water partition coefficient (Wildman–Crippen LogP) is 0.467. The number of thiol groups is 1. The molecular formula is C4H10O3S. The smallest absolute Gasteiger partial charge is 0.322 e. The van der Waals surface area contributed by atoms with Crippen LogP contribution >= 0.6 is 12.6 Å². The Balaban J connectivity index is 3.58. The molecule has 0 bridgehead atoms. The van der Waals surface area contributed by atoms with Crippen LogP contribution in [0.25, 0.3) is 0 Å². The van der Waals surface area contributed by atoms with E-state index in [2.05, 4.69) is 26.8 Å². The normalized spacial score (nSPS) is 12.0. The van der Waals surface area contributed by atoms with Gasteiger partial charge in [0.05, 0.1) is 0 Å². The number of rotatable bonds is 3. The quantitative estimate of drug-likeness (QED) is 0.453. The van der Waals surface area contributed by atoms with Gasteiger partial charge >= 0.3 is 5.31 Å². The highest BCUT2D eigenvalue weighted by Crippen LogP contribution is 2.15. The van der Waals surface area contributed by atoms with E-state index in [1.165, 1.54) is 21.3 Å². The molecule has 3 nitrogen and oxygen atoms in total. The van der Waals surface area contributed by atoms with Crippen LogP contribution in [-0.4, -0.2) is 26.6 Å². The summed E-state index contributed by atoms with van der Waals surface area (Å²) in [7, 11) is 4.33. The van der Waals surface area contributed by atoms with E-state index in [0.717, 1.165) is 0 Å². The Morgan fingerprint density at radius 2 is 1.25 bits per heavy atom. The summed E-state index contributed by atoms with van der Waals surface area (Å²) in [6, 6.07) is 0. The second kappa shape index (κ2) is 3.29. The molecule has 0 amide bonds. The Morgan fingerprint density at radius 3 is 1.25 bits per heavy atom. The van der Waals surface area contributed by atoms with E-state index in [9.17, 15) is 0 Å². The lowest BCUT2D eigenvalue weighted by molar-refractivity contribution is -0.282. The van der Waals surface area contributed by atoms with E-state index in [4.69, 9.17) is 0 Å². The Kier molecular flexibility index (Phi) is 3.39. The van der Waals surface area contributed by atoms with Gasteiger partial charge in [0.2, 0.25) is 0 Å². The summed E-state index contributed by atoms with van der Waals surface area (Å²) < 4.78 is 14.0. The number of methoxy groups -OCH3 is 3. The van der Waals surface area contributed by atoms with Crippen molar-refractivity contribution in [2.45, 2.75) is 5.31 Å². The lowest BCUT2D eigenvalue weighted by atomic mass is 11.2. The van der Waals surface area contributed by atoms with Crippen molar-refractivity contribution in [1.82, 2.24) is 0 Å². The van der Waals surface area contributed by atoms with E-state index < -0.39 is 5.31 Å². The number of hydrogen-bond acceptors (Lipinski definition) is 4. The summed E-state index contributed by atoms with van der Waals surface area (Å²) in [5.74, 6) is 0. The van der Waals surface area contributed by atoms with Crippen LogP contribution in [0.1, 0.15) is 0 Å². The maximum Gasteiger partial charge on any atom is 0.333 e. The van der Waals surface area contributed by atoms with Crippen LogP contribution in [0.5, 0.6) is 0 Å². The van der Waals surface area contributed by atoms with Crippen LogP contribution in [0.15, 0.2) is 0 Å². The minimum Gasteiger partial charge on any atom is -0.322 e. The molecule has 0 spiro atoms. The minimum absolute atomic E-state index is 1.18. The highest BCUT2D eigenvalue weighted by atomic mass is 32.1. The van der Waals surface area contributed by atoms with Crippen molar-refractivity contribution in [1.29, 1.82) is 0 Å². The lowest BCUT2D eigenvalue weighted by Gasteiger charge is -2.21. The topological polar surface area (TPSA) is 27.7 Å². The molecule has 0 atom stereocenters. The third-order valence-electron chi connectivity index (χ3n) is 0.774. The SMILES string of the molecule is COC(S)(OC)OC. The highest BCUT2D eigenvalue weighted by molar-refractivity contribution is 7.81. The maximum absolute atomic E-state index is 4.66. The Morgan fingerprint density at radius 1 is 1.00 bits per heavy atom. The van der Waals surface area contributed by atoms with Crippen LogP contribution in [0.2, 0.25) is 0 Å². The van der Waals surface area contributed by atoms with Crippen molar-refractivity contribution in [2.75, 3.05) is 21.3 Å². The van der Waals surface area contributed by atoms with Crippen molar-refractivity contribution in [2.24, 2.45) is 0 Å². The third-order valence-corrected chi connectivity index (χ3v) is 1.32. The van der Waals surface area contributed by atoms with Crippen molar-refractivity contribution >= 4 is 12.6 Å². The zero-order chi connectivity index (χ0) is 6.62. The molecule has 0 N–H and O–H groups in total.